The van der Waals surface area contributed by atoms with E-state index in [1.165, 1.54) is 11.6 Å². The first kappa shape index (κ1) is 13.6. The SMILES string of the molecule is CNc1cccc(CNCc2ccc(F)c(C)c2)c1. The fourth-order valence-electron chi connectivity index (χ4n) is 2.00. The first-order valence-corrected chi connectivity index (χ1v) is 6.41. The van der Waals surface area contributed by atoms with Crippen molar-refractivity contribution in [2.75, 3.05) is 12.4 Å². The smallest absolute Gasteiger partial charge is 0.126 e. The summed E-state index contributed by atoms with van der Waals surface area (Å²) in [6.45, 7) is 3.33. The number of benzene rings is 2. The molecular formula is C16H19FN2. The van der Waals surface area contributed by atoms with Gasteiger partial charge in [0, 0.05) is 25.8 Å². The summed E-state index contributed by atoms with van der Waals surface area (Å²) in [6.07, 6.45) is 0. The van der Waals surface area contributed by atoms with Crippen LogP contribution in [0.25, 0.3) is 0 Å². The van der Waals surface area contributed by atoms with E-state index in [2.05, 4.69) is 22.8 Å². The molecule has 3 heteroatoms. The van der Waals surface area contributed by atoms with Crippen LogP contribution in [-0.2, 0) is 13.1 Å². The van der Waals surface area contributed by atoms with E-state index < -0.39 is 0 Å². The third-order valence-corrected chi connectivity index (χ3v) is 3.10. The van der Waals surface area contributed by atoms with E-state index in [4.69, 9.17) is 0 Å². The van der Waals surface area contributed by atoms with Gasteiger partial charge in [-0.1, -0.05) is 24.3 Å². The fraction of sp³-hybridized carbons (Fsp3) is 0.250. The lowest BCUT2D eigenvalue weighted by Crippen LogP contribution is -2.13. The second kappa shape index (κ2) is 6.34. The monoisotopic (exact) mass is 258 g/mol. The van der Waals surface area contributed by atoms with Gasteiger partial charge in [-0.3, -0.25) is 0 Å². The Morgan fingerprint density at radius 3 is 2.42 bits per heavy atom. The molecule has 0 saturated heterocycles. The number of anilines is 1. The average molecular weight is 258 g/mol. The minimum Gasteiger partial charge on any atom is -0.388 e. The summed E-state index contributed by atoms with van der Waals surface area (Å²) in [5.41, 5.74) is 4.13. The van der Waals surface area contributed by atoms with Crippen LogP contribution in [0.4, 0.5) is 10.1 Å². The molecule has 0 bridgehead atoms. The Morgan fingerprint density at radius 2 is 1.74 bits per heavy atom. The van der Waals surface area contributed by atoms with E-state index in [0.29, 0.717) is 5.56 Å². The van der Waals surface area contributed by atoms with Gasteiger partial charge in [-0.05, 0) is 41.8 Å². The van der Waals surface area contributed by atoms with Crippen molar-refractivity contribution >= 4 is 5.69 Å². The topological polar surface area (TPSA) is 24.1 Å². The molecule has 2 N–H and O–H groups in total. The minimum atomic E-state index is -0.148. The van der Waals surface area contributed by atoms with Gasteiger partial charge < -0.3 is 10.6 Å². The molecule has 2 aromatic rings. The third kappa shape index (κ3) is 3.80. The normalized spacial score (nSPS) is 10.5. The van der Waals surface area contributed by atoms with Gasteiger partial charge >= 0.3 is 0 Å². The van der Waals surface area contributed by atoms with Gasteiger partial charge in [0.05, 0.1) is 0 Å². The van der Waals surface area contributed by atoms with E-state index in [-0.39, 0.29) is 5.82 Å². The summed E-state index contributed by atoms with van der Waals surface area (Å²) in [5, 5.41) is 6.49. The molecule has 0 aliphatic rings. The molecule has 0 aromatic heterocycles. The van der Waals surface area contributed by atoms with Crippen molar-refractivity contribution in [3.05, 3.63) is 65.0 Å². The van der Waals surface area contributed by atoms with Crippen LogP contribution < -0.4 is 10.6 Å². The first-order valence-electron chi connectivity index (χ1n) is 6.41. The zero-order chi connectivity index (χ0) is 13.7. The predicted octanol–water partition coefficient (Wildman–Crippen LogP) is 3.47. The molecule has 2 nitrogen and oxygen atoms in total. The number of hydrogen-bond donors (Lipinski definition) is 2. The summed E-state index contributed by atoms with van der Waals surface area (Å²) < 4.78 is 13.1. The molecule has 0 spiro atoms. The van der Waals surface area contributed by atoms with Crippen LogP contribution in [0, 0.1) is 12.7 Å². The molecule has 0 aliphatic carbocycles. The van der Waals surface area contributed by atoms with Crippen LogP contribution in [0.5, 0.6) is 0 Å². The van der Waals surface area contributed by atoms with Crippen molar-refractivity contribution in [3.63, 3.8) is 0 Å². The van der Waals surface area contributed by atoms with E-state index in [1.807, 2.05) is 31.3 Å². The molecule has 0 saturated carbocycles. The molecule has 0 aliphatic heterocycles. The van der Waals surface area contributed by atoms with Gasteiger partial charge in [0.1, 0.15) is 5.82 Å². The van der Waals surface area contributed by atoms with Crippen LogP contribution in [0.1, 0.15) is 16.7 Å². The summed E-state index contributed by atoms with van der Waals surface area (Å²) in [7, 11) is 1.91. The van der Waals surface area contributed by atoms with Crippen LogP contribution in [0.15, 0.2) is 42.5 Å². The standard InChI is InChI=1S/C16H19FN2/c1-12-8-14(6-7-16(12)17)11-19-10-13-4-3-5-15(9-13)18-2/h3-9,18-19H,10-11H2,1-2H3. The second-order valence-electron chi connectivity index (χ2n) is 4.64. The van der Waals surface area contributed by atoms with Gasteiger partial charge in [0.2, 0.25) is 0 Å². The Labute approximate surface area is 113 Å². The molecule has 0 unspecified atom stereocenters. The van der Waals surface area contributed by atoms with Crippen molar-refractivity contribution in [1.82, 2.24) is 5.32 Å². The summed E-state index contributed by atoms with van der Waals surface area (Å²) in [4.78, 5) is 0. The predicted molar refractivity (Wildman–Crippen MR) is 77.7 cm³/mol. The minimum absolute atomic E-state index is 0.148. The highest BCUT2D eigenvalue weighted by Crippen LogP contribution is 2.11. The highest BCUT2D eigenvalue weighted by molar-refractivity contribution is 5.44. The zero-order valence-corrected chi connectivity index (χ0v) is 11.3. The highest BCUT2D eigenvalue weighted by Gasteiger charge is 1.99. The largest absolute Gasteiger partial charge is 0.388 e. The van der Waals surface area contributed by atoms with Gasteiger partial charge in [-0.25, -0.2) is 4.39 Å². The summed E-state index contributed by atoms with van der Waals surface area (Å²) in [5.74, 6) is -0.148. The van der Waals surface area contributed by atoms with Gasteiger partial charge in [-0.2, -0.15) is 0 Å². The molecular weight excluding hydrogens is 239 g/mol. The Bertz CT molecular complexity index is 552. The second-order valence-corrected chi connectivity index (χ2v) is 4.64. The number of rotatable bonds is 5. The lowest BCUT2D eigenvalue weighted by Gasteiger charge is -2.08. The molecule has 0 heterocycles. The summed E-state index contributed by atoms with van der Waals surface area (Å²) >= 11 is 0. The van der Waals surface area contributed by atoms with E-state index in [9.17, 15) is 4.39 Å². The molecule has 0 atom stereocenters. The lowest BCUT2D eigenvalue weighted by atomic mass is 10.1. The first-order chi connectivity index (χ1) is 9.19. The molecule has 100 valence electrons. The maximum atomic E-state index is 13.1. The third-order valence-electron chi connectivity index (χ3n) is 3.10. The van der Waals surface area contributed by atoms with Crippen LogP contribution in [-0.4, -0.2) is 7.05 Å². The molecule has 2 aromatic carbocycles. The molecule has 2 rings (SSSR count). The maximum Gasteiger partial charge on any atom is 0.126 e. The van der Waals surface area contributed by atoms with Crippen LogP contribution >= 0.6 is 0 Å². The van der Waals surface area contributed by atoms with E-state index in [0.717, 1.165) is 24.3 Å². The van der Waals surface area contributed by atoms with Gasteiger partial charge in [0.25, 0.3) is 0 Å². The van der Waals surface area contributed by atoms with Crippen molar-refractivity contribution in [2.24, 2.45) is 0 Å². The molecule has 0 fully saturated rings. The highest BCUT2D eigenvalue weighted by atomic mass is 19.1. The molecule has 19 heavy (non-hydrogen) atoms. The lowest BCUT2D eigenvalue weighted by molar-refractivity contribution is 0.615. The van der Waals surface area contributed by atoms with Gasteiger partial charge in [0.15, 0.2) is 0 Å². The van der Waals surface area contributed by atoms with Crippen molar-refractivity contribution in [2.45, 2.75) is 20.0 Å². The molecule has 0 radical (unpaired) electrons. The maximum absolute atomic E-state index is 13.1. The quantitative estimate of drug-likeness (QED) is 0.858. The molecule has 0 amide bonds. The van der Waals surface area contributed by atoms with E-state index >= 15 is 0 Å². The van der Waals surface area contributed by atoms with Crippen LogP contribution in [0.2, 0.25) is 0 Å². The number of aryl methyl sites for hydroxylation is 1. The Balaban J connectivity index is 1.90. The number of hydrogen-bond acceptors (Lipinski definition) is 2. The Morgan fingerprint density at radius 1 is 1.00 bits per heavy atom. The fourth-order valence-corrected chi connectivity index (χ4v) is 2.00. The van der Waals surface area contributed by atoms with E-state index in [1.54, 1.807) is 6.92 Å². The van der Waals surface area contributed by atoms with Crippen molar-refractivity contribution < 1.29 is 4.39 Å². The van der Waals surface area contributed by atoms with Crippen molar-refractivity contribution in [1.29, 1.82) is 0 Å². The number of halogens is 1. The zero-order valence-electron chi connectivity index (χ0n) is 11.3. The van der Waals surface area contributed by atoms with Crippen molar-refractivity contribution in [3.8, 4) is 0 Å². The van der Waals surface area contributed by atoms with Crippen LogP contribution in [0.3, 0.4) is 0 Å². The Kier molecular flexibility index (Phi) is 4.53. The number of nitrogens with one attached hydrogen (secondary N) is 2. The summed E-state index contributed by atoms with van der Waals surface area (Å²) in [6, 6.07) is 13.5. The Hall–Kier alpha value is -1.87. The van der Waals surface area contributed by atoms with Gasteiger partial charge in [-0.15, -0.1) is 0 Å². The average Bonchev–Trinajstić information content (AvgIpc) is 2.43.